The van der Waals surface area contributed by atoms with Gasteiger partial charge >= 0.3 is 0 Å². The van der Waals surface area contributed by atoms with Crippen molar-refractivity contribution in [2.75, 3.05) is 6.54 Å². The summed E-state index contributed by atoms with van der Waals surface area (Å²) in [6, 6.07) is 0.288. The summed E-state index contributed by atoms with van der Waals surface area (Å²) in [6.45, 7) is 2.36. The highest BCUT2D eigenvalue weighted by atomic mass is 16.4. The molecule has 2 fully saturated rings. The summed E-state index contributed by atoms with van der Waals surface area (Å²) in [4.78, 5) is 14.1. The van der Waals surface area contributed by atoms with Crippen molar-refractivity contribution in [2.24, 2.45) is 22.7 Å². The Morgan fingerprint density at radius 3 is 2.53 bits per heavy atom. The summed E-state index contributed by atoms with van der Waals surface area (Å²) in [5, 5.41) is 11.6. The number of carbonyl (C=O) groups excluding carboxylic acids is 1. The lowest BCUT2D eigenvalue weighted by Gasteiger charge is -2.28. The molecular weight excluding hydrogens is 218 g/mol. The lowest BCUT2D eigenvalue weighted by atomic mass is 10.1. The lowest BCUT2D eigenvalue weighted by molar-refractivity contribution is -0.134. The molecule has 0 aromatic heterocycles. The van der Waals surface area contributed by atoms with E-state index in [0.29, 0.717) is 5.92 Å². The number of oxime groups is 1. The highest BCUT2D eigenvalue weighted by molar-refractivity contribution is 5.89. The molecular formula is C12H21N3O2. The summed E-state index contributed by atoms with van der Waals surface area (Å²) < 4.78 is 0. The van der Waals surface area contributed by atoms with E-state index in [1.807, 2.05) is 4.90 Å². The second kappa shape index (κ2) is 4.94. The number of carbonyl (C=O) groups is 1. The molecule has 0 saturated heterocycles. The summed E-state index contributed by atoms with van der Waals surface area (Å²) in [5.74, 6) is 0.982. The van der Waals surface area contributed by atoms with Crippen molar-refractivity contribution in [1.29, 1.82) is 0 Å². The minimum atomic E-state index is 0.124. The van der Waals surface area contributed by atoms with Gasteiger partial charge in [-0.1, -0.05) is 24.9 Å². The summed E-state index contributed by atoms with van der Waals surface area (Å²) >= 11 is 0. The van der Waals surface area contributed by atoms with Crippen molar-refractivity contribution in [3.05, 3.63) is 0 Å². The van der Waals surface area contributed by atoms with Gasteiger partial charge < -0.3 is 15.8 Å². The molecule has 2 aliphatic carbocycles. The predicted octanol–water partition coefficient (Wildman–Crippen LogP) is 1.16. The van der Waals surface area contributed by atoms with E-state index in [1.54, 1.807) is 0 Å². The molecule has 0 heterocycles. The molecule has 0 radical (unpaired) electrons. The zero-order valence-electron chi connectivity index (χ0n) is 10.3. The quantitative estimate of drug-likeness (QED) is 0.334. The number of amidine groups is 1. The van der Waals surface area contributed by atoms with Crippen molar-refractivity contribution in [2.45, 2.75) is 45.1 Å². The Kier molecular flexibility index (Phi) is 3.54. The van der Waals surface area contributed by atoms with Gasteiger partial charge in [-0.3, -0.25) is 4.79 Å². The number of amides is 1. The minimum Gasteiger partial charge on any atom is -0.409 e. The van der Waals surface area contributed by atoms with E-state index in [4.69, 9.17) is 10.9 Å². The van der Waals surface area contributed by atoms with Gasteiger partial charge in [0.15, 0.2) is 5.84 Å². The van der Waals surface area contributed by atoms with Crippen LogP contribution in [0.4, 0.5) is 0 Å². The molecule has 5 nitrogen and oxygen atoms in total. The van der Waals surface area contributed by atoms with Crippen LogP contribution in [0, 0.1) is 11.8 Å². The smallest absolute Gasteiger partial charge is 0.226 e. The van der Waals surface area contributed by atoms with Crippen LogP contribution in [-0.2, 0) is 4.79 Å². The summed E-state index contributed by atoms with van der Waals surface area (Å²) in [7, 11) is 0. The first-order valence-corrected chi connectivity index (χ1v) is 6.40. The Bertz CT molecular complexity index is 324. The summed E-state index contributed by atoms with van der Waals surface area (Å²) in [5.41, 5.74) is 5.54. The highest BCUT2D eigenvalue weighted by Crippen LogP contribution is 2.40. The van der Waals surface area contributed by atoms with Crippen molar-refractivity contribution in [1.82, 2.24) is 4.90 Å². The molecule has 0 aromatic rings. The normalized spacial score (nSPS) is 29.4. The van der Waals surface area contributed by atoms with Crippen molar-refractivity contribution >= 4 is 11.7 Å². The first-order chi connectivity index (χ1) is 8.13. The van der Waals surface area contributed by atoms with Crippen LogP contribution >= 0.6 is 0 Å². The van der Waals surface area contributed by atoms with Crippen molar-refractivity contribution < 1.29 is 10.0 Å². The van der Waals surface area contributed by atoms with Gasteiger partial charge in [-0.25, -0.2) is 0 Å². The van der Waals surface area contributed by atoms with Gasteiger partial charge in [0.25, 0.3) is 0 Å². The zero-order valence-corrected chi connectivity index (χ0v) is 10.3. The number of rotatable bonds is 4. The molecule has 2 unspecified atom stereocenters. The molecule has 0 aromatic carbocycles. The first-order valence-electron chi connectivity index (χ1n) is 6.40. The molecule has 0 spiro atoms. The van der Waals surface area contributed by atoms with Crippen LogP contribution in [-0.4, -0.2) is 34.4 Å². The monoisotopic (exact) mass is 239 g/mol. The van der Waals surface area contributed by atoms with Gasteiger partial charge in [0, 0.05) is 12.0 Å². The third kappa shape index (κ3) is 2.70. The Labute approximate surface area is 102 Å². The summed E-state index contributed by atoms with van der Waals surface area (Å²) in [6.07, 6.45) is 5.42. The van der Waals surface area contributed by atoms with Crippen LogP contribution in [0.2, 0.25) is 0 Å². The average molecular weight is 239 g/mol. The van der Waals surface area contributed by atoms with Crippen LogP contribution in [0.5, 0.6) is 0 Å². The second-order valence-corrected chi connectivity index (χ2v) is 5.32. The Hall–Kier alpha value is -1.26. The van der Waals surface area contributed by atoms with Gasteiger partial charge in [-0.05, 0) is 25.2 Å². The van der Waals surface area contributed by atoms with E-state index in [0.717, 1.165) is 19.3 Å². The van der Waals surface area contributed by atoms with Crippen LogP contribution in [0.1, 0.15) is 39.0 Å². The third-order valence-electron chi connectivity index (χ3n) is 3.94. The number of nitrogens with two attached hydrogens (primary N) is 1. The fraction of sp³-hybridized carbons (Fsp3) is 0.833. The second-order valence-electron chi connectivity index (χ2n) is 5.32. The van der Waals surface area contributed by atoms with Crippen LogP contribution in [0.3, 0.4) is 0 Å². The van der Waals surface area contributed by atoms with Gasteiger partial charge in [-0.15, -0.1) is 0 Å². The number of nitrogens with zero attached hydrogens (tertiary/aromatic N) is 2. The van der Waals surface area contributed by atoms with E-state index in [1.165, 1.54) is 12.8 Å². The Balaban J connectivity index is 2.03. The maximum atomic E-state index is 12.3. The van der Waals surface area contributed by atoms with Crippen molar-refractivity contribution in [3.63, 3.8) is 0 Å². The predicted molar refractivity (Wildman–Crippen MR) is 64.6 cm³/mol. The fourth-order valence-corrected chi connectivity index (χ4v) is 2.69. The van der Waals surface area contributed by atoms with E-state index in [-0.39, 0.29) is 30.2 Å². The lowest BCUT2D eigenvalue weighted by Crippen LogP contribution is -2.45. The Morgan fingerprint density at radius 1 is 1.47 bits per heavy atom. The fourth-order valence-electron chi connectivity index (χ4n) is 2.69. The van der Waals surface area contributed by atoms with E-state index >= 15 is 0 Å². The molecule has 96 valence electrons. The molecule has 2 saturated carbocycles. The van der Waals surface area contributed by atoms with Gasteiger partial charge in [0.05, 0.1) is 6.54 Å². The van der Waals surface area contributed by atoms with Crippen LogP contribution in [0.15, 0.2) is 5.16 Å². The number of hydrogen-bond donors (Lipinski definition) is 2. The molecule has 1 amide bonds. The maximum Gasteiger partial charge on any atom is 0.226 e. The molecule has 0 bridgehead atoms. The van der Waals surface area contributed by atoms with Crippen LogP contribution in [0.25, 0.3) is 0 Å². The average Bonchev–Trinajstić information content (AvgIpc) is 2.83. The molecule has 3 N–H and O–H groups in total. The van der Waals surface area contributed by atoms with E-state index in [9.17, 15) is 4.79 Å². The molecule has 5 heteroatoms. The number of hydrogen-bond acceptors (Lipinski definition) is 3. The molecule has 2 aliphatic rings. The molecule has 2 rings (SSSR count). The van der Waals surface area contributed by atoms with Crippen LogP contribution < -0.4 is 5.73 Å². The van der Waals surface area contributed by atoms with Gasteiger partial charge in [0.1, 0.15) is 0 Å². The van der Waals surface area contributed by atoms with E-state index in [2.05, 4.69) is 12.1 Å². The minimum absolute atomic E-state index is 0.124. The topological polar surface area (TPSA) is 78.9 Å². The maximum absolute atomic E-state index is 12.3. The van der Waals surface area contributed by atoms with E-state index < -0.39 is 0 Å². The third-order valence-corrected chi connectivity index (χ3v) is 3.94. The molecule has 2 atom stereocenters. The Morgan fingerprint density at radius 2 is 2.06 bits per heavy atom. The van der Waals surface area contributed by atoms with Gasteiger partial charge in [-0.2, -0.15) is 0 Å². The molecule has 0 aliphatic heterocycles. The SMILES string of the molecule is CC1CC1C(=O)N(CC(N)=NO)C1CCCC1. The standard InChI is InChI=1S/C12H21N3O2/c1-8-6-10(8)12(16)15(7-11(13)14-17)9-4-2-3-5-9/h8-10,17H,2-7H2,1H3,(H2,13,14). The van der Waals surface area contributed by atoms with Gasteiger partial charge in [0.2, 0.25) is 5.91 Å². The largest absolute Gasteiger partial charge is 0.409 e. The highest BCUT2D eigenvalue weighted by Gasteiger charge is 2.43. The van der Waals surface area contributed by atoms with Crippen molar-refractivity contribution in [3.8, 4) is 0 Å². The molecule has 17 heavy (non-hydrogen) atoms. The zero-order chi connectivity index (χ0) is 12.4. The first kappa shape index (κ1) is 12.2.